The number of nitroso groups, excluding NO2 is 1. The Hall–Kier alpha value is -2.85. The standard InChI is InChI=1S/C15H16N6O4.CH3Cl/c1-3-25-10(2)19-8-12(6-16-19)15-11(7-18-22)5-17-20-9-13(21(23)24)4-14(15)20;1-2/h4-6,8-10H,3,7H2,1-2H3;1H3. The van der Waals surface area contributed by atoms with Gasteiger partial charge in [0.15, 0.2) is 0 Å². The molecule has 3 heterocycles. The van der Waals surface area contributed by atoms with E-state index in [0.717, 1.165) is 0 Å². The second-order valence-corrected chi connectivity index (χ2v) is 5.38. The number of hydrogen-bond acceptors (Lipinski definition) is 7. The highest BCUT2D eigenvalue weighted by Gasteiger charge is 2.19. The fraction of sp³-hybridized carbons (Fsp3) is 0.375. The minimum atomic E-state index is -0.489. The van der Waals surface area contributed by atoms with E-state index in [1.165, 1.54) is 29.4 Å². The number of hydrogen-bond donors (Lipinski definition) is 0. The first-order valence-electron chi connectivity index (χ1n) is 8.02. The Morgan fingerprint density at radius 1 is 1.33 bits per heavy atom. The predicted octanol–water partition coefficient (Wildman–Crippen LogP) is 3.78. The van der Waals surface area contributed by atoms with Crippen LogP contribution in [0.3, 0.4) is 0 Å². The average molecular weight is 395 g/mol. The number of fused-ring (bicyclic) bond motifs is 1. The third-order valence-electron chi connectivity index (χ3n) is 3.82. The van der Waals surface area contributed by atoms with Gasteiger partial charge in [0.25, 0.3) is 5.69 Å². The normalized spacial score (nSPS) is 11.7. The first kappa shape index (κ1) is 20.5. The van der Waals surface area contributed by atoms with Crippen molar-refractivity contribution in [2.24, 2.45) is 5.18 Å². The zero-order valence-electron chi connectivity index (χ0n) is 15.1. The van der Waals surface area contributed by atoms with E-state index in [1.807, 2.05) is 13.8 Å². The topological polar surface area (TPSA) is 117 Å². The number of nitrogens with zero attached hydrogens (tertiary/aromatic N) is 6. The Morgan fingerprint density at radius 3 is 2.70 bits per heavy atom. The molecule has 144 valence electrons. The lowest BCUT2D eigenvalue weighted by molar-refractivity contribution is -0.384. The molecule has 0 saturated carbocycles. The number of halogens is 1. The number of aromatic nitrogens is 4. The van der Waals surface area contributed by atoms with E-state index < -0.39 is 4.92 Å². The molecule has 10 nitrogen and oxygen atoms in total. The van der Waals surface area contributed by atoms with Crippen LogP contribution in [-0.4, -0.2) is 37.3 Å². The molecule has 1 unspecified atom stereocenters. The summed E-state index contributed by atoms with van der Waals surface area (Å²) < 4.78 is 8.55. The van der Waals surface area contributed by atoms with E-state index in [-0.39, 0.29) is 18.5 Å². The van der Waals surface area contributed by atoms with Crippen molar-refractivity contribution >= 4 is 22.8 Å². The SMILES string of the molecule is CCOC(C)n1cc(-c2c(CN=O)cnn3cc([N+](=O)[O-])cc23)cn1.CCl. The van der Waals surface area contributed by atoms with Gasteiger partial charge in [0.1, 0.15) is 19.0 Å². The van der Waals surface area contributed by atoms with Crippen LogP contribution in [0.15, 0.2) is 36.0 Å². The van der Waals surface area contributed by atoms with Gasteiger partial charge in [0, 0.05) is 41.9 Å². The van der Waals surface area contributed by atoms with Crippen LogP contribution in [0.2, 0.25) is 0 Å². The molecule has 0 aliphatic carbocycles. The summed E-state index contributed by atoms with van der Waals surface area (Å²) in [6.07, 6.45) is 7.41. The zero-order chi connectivity index (χ0) is 20.0. The molecular weight excluding hydrogens is 376 g/mol. The minimum Gasteiger partial charge on any atom is -0.357 e. The molecule has 0 spiro atoms. The summed E-state index contributed by atoms with van der Waals surface area (Å²) in [5, 5.41) is 22.4. The molecule has 0 N–H and O–H groups in total. The molecule has 3 aromatic rings. The van der Waals surface area contributed by atoms with Crippen molar-refractivity contribution in [3.63, 3.8) is 0 Å². The summed E-state index contributed by atoms with van der Waals surface area (Å²) in [5.41, 5.74) is 2.33. The average Bonchev–Trinajstić information content (AvgIpc) is 3.31. The molecule has 0 fully saturated rings. The molecule has 0 amide bonds. The van der Waals surface area contributed by atoms with Crippen LogP contribution in [0.1, 0.15) is 25.6 Å². The Bertz CT molecular complexity index is 938. The van der Waals surface area contributed by atoms with Crippen LogP contribution >= 0.6 is 11.6 Å². The second kappa shape index (κ2) is 9.19. The van der Waals surface area contributed by atoms with Crippen molar-refractivity contribution in [2.45, 2.75) is 26.6 Å². The van der Waals surface area contributed by atoms with Gasteiger partial charge in [-0.2, -0.15) is 15.1 Å². The van der Waals surface area contributed by atoms with Gasteiger partial charge in [-0.15, -0.1) is 11.6 Å². The Morgan fingerprint density at radius 2 is 2.07 bits per heavy atom. The minimum absolute atomic E-state index is 0.0833. The van der Waals surface area contributed by atoms with Crippen LogP contribution in [0, 0.1) is 15.0 Å². The molecule has 11 heteroatoms. The molecule has 3 rings (SSSR count). The summed E-state index contributed by atoms with van der Waals surface area (Å²) >= 11 is 4.64. The van der Waals surface area contributed by atoms with E-state index >= 15 is 0 Å². The van der Waals surface area contributed by atoms with Crippen LogP contribution in [-0.2, 0) is 11.3 Å². The summed E-state index contributed by atoms with van der Waals surface area (Å²) in [4.78, 5) is 21.3. The predicted molar refractivity (Wildman–Crippen MR) is 101 cm³/mol. The fourth-order valence-electron chi connectivity index (χ4n) is 2.69. The van der Waals surface area contributed by atoms with Crippen LogP contribution < -0.4 is 0 Å². The van der Waals surface area contributed by atoms with Gasteiger partial charge < -0.3 is 4.74 Å². The van der Waals surface area contributed by atoms with Gasteiger partial charge in [-0.25, -0.2) is 9.20 Å². The molecule has 0 aromatic carbocycles. The van der Waals surface area contributed by atoms with Crippen molar-refractivity contribution in [3.8, 4) is 11.1 Å². The third kappa shape index (κ3) is 4.29. The van der Waals surface area contributed by atoms with Gasteiger partial charge in [-0.05, 0) is 13.8 Å². The molecule has 0 radical (unpaired) electrons. The molecule has 0 aliphatic heterocycles. The van der Waals surface area contributed by atoms with E-state index in [9.17, 15) is 15.0 Å². The van der Waals surface area contributed by atoms with Gasteiger partial charge in [-0.1, -0.05) is 5.18 Å². The molecule has 0 aliphatic rings. The van der Waals surface area contributed by atoms with E-state index in [4.69, 9.17) is 4.74 Å². The summed E-state index contributed by atoms with van der Waals surface area (Å²) in [6.45, 7) is 4.20. The Kier molecular flexibility index (Phi) is 6.97. The lowest BCUT2D eigenvalue weighted by Crippen LogP contribution is -2.09. The lowest BCUT2D eigenvalue weighted by Gasteiger charge is -2.11. The van der Waals surface area contributed by atoms with Gasteiger partial charge in [0.2, 0.25) is 0 Å². The Balaban J connectivity index is 0.00000126. The lowest BCUT2D eigenvalue weighted by atomic mass is 10.0. The summed E-state index contributed by atoms with van der Waals surface area (Å²) in [6, 6.07) is 1.42. The molecule has 1 atom stereocenters. The highest BCUT2D eigenvalue weighted by molar-refractivity contribution is 6.15. The number of nitro groups is 1. The van der Waals surface area contributed by atoms with Crippen molar-refractivity contribution in [1.82, 2.24) is 19.4 Å². The maximum Gasteiger partial charge on any atom is 0.289 e. The summed E-state index contributed by atoms with van der Waals surface area (Å²) in [7, 11) is 0. The first-order chi connectivity index (χ1) is 13.0. The maximum absolute atomic E-state index is 11.1. The monoisotopic (exact) mass is 394 g/mol. The van der Waals surface area contributed by atoms with Gasteiger partial charge in [0.05, 0.1) is 22.8 Å². The molecule has 27 heavy (non-hydrogen) atoms. The number of alkyl halides is 1. The van der Waals surface area contributed by atoms with E-state index in [0.29, 0.717) is 28.8 Å². The van der Waals surface area contributed by atoms with E-state index in [1.54, 1.807) is 17.1 Å². The van der Waals surface area contributed by atoms with Crippen molar-refractivity contribution in [2.75, 3.05) is 13.0 Å². The third-order valence-corrected chi connectivity index (χ3v) is 3.82. The van der Waals surface area contributed by atoms with Crippen LogP contribution in [0.5, 0.6) is 0 Å². The highest BCUT2D eigenvalue weighted by Crippen LogP contribution is 2.31. The highest BCUT2D eigenvalue weighted by atomic mass is 35.5. The second-order valence-electron chi connectivity index (χ2n) is 5.38. The Labute approximate surface area is 159 Å². The van der Waals surface area contributed by atoms with E-state index in [2.05, 4.69) is 27.0 Å². The largest absolute Gasteiger partial charge is 0.357 e. The molecule has 0 bridgehead atoms. The van der Waals surface area contributed by atoms with Crippen molar-refractivity contribution in [3.05, 3.63) is 51.4 Å². The van der Waals surface area contributed by atoms with Crippen LogP contribution in [0.25, 0.3) is 16.6 Å². The molecule has 0 saturated heterocycles. The fourth-order valence-corrected chi connectivity index (χ4v) is 2.69. The molecular formula is C16H19ClN6O4. The number of rotatable bonds is 7. The maximum atomic E-state index is 11.1. The first-order valence-corrected chi connectivity index (χ1v) is 8.78. The van der Waals surface area contributed by atoms with Crippen molar-refractivity contribution < 1.29 is 9.66 Å². The van der Waals surface area contributed by atoms with Crippen LogP contribution in [0.4, 0.5) is 5.69 Å². The quantitative estimate of drug-likeness (QED) is 0.260. The number of ether oxygens (including phenoxy) is 1. The zero-order valence-corrected chi connectivity index (χ0v) is 15.8. The van der Waals surface area contributed by atoms with Gasteiger partial charge in [-0.3, -0.25) is 10.1 Å². The molecule has 3 aromatic heterocycles. The van der Waals surface area contributed by atoms with Crippen molar-refractivity contribution in [1.29, 1.82) is 0 Å². The summed E-state index contributed by atoms with van der Waals surface area (Å²) in [5.74, 6) is 0. The smallest absolute Gasteiger partial charge is 0.289 e. The van der Waals surface area contributed by atoms with Gasteiger partial charge >= 0.3 is 0 Å².